The Labute approximate surface area is 98.9 Å². The first-order chi connectivity index (χ1) is 7.08. The maximum Gasteiger partial charge on any atom is 0.178 e. The van der Waals surface area contributed by atoms with E-state index in [9.17, 15) is 0 Å². The summed E-state index contributed by atoms with van der Waals surface area (Å²) in [6.07, 6.45) is 0. The van der Waals surface area contributed by atoms with Crippen LogP contribution < -0.4 is 0 Å². The zero-order valence-electron chi connectivity index (χ0n) is 8.75. The molecule has 80 valence electrons. The van der Waals surface area contributed by atoms with Crippen LogP contribution in [0.25, 0.3) is 11.0 Å². The largest absolute Gasteiger partial charge is 0.331 e. The second kappa shape index (κ2) is 3.99. The number of rotatable bonds is 2. The fourth-order valence-electron chi connectivity index (χ4n) is 1.67. The highest BCUT2D eigenvalue weighted by Crippen LogP contribution is 2.20. The van der Waals surface area contributed by atoms with E-state index in [4.69, 9.17) is 23.8 Å². The van der Waals surface area contributed by atoms with E-state index in [0.717, 1.165) is 27.4 Å². The predicted molar refractivity (Wildman–Crippen MR) is 67.0 cm³/mol. The number of hydrogen-bond acceptors (Lipinski definition) is 1. The molecule has 0 atom stereocenters. The van der Waals surface area contributed by atoms with E-state index in [-0.39, 0.29) is 0 Å². The molecule has 2 rings (SSSR count). The van der Waals surface area contributed by atoms with Crippen molar-refractivity contribution in [3.63, 3.8) is 0 Å². The molecule has 1 heterocycles. The van der Waals surface area contributed by atoms with E-state index in [2.05, 4.69) is 23.4 Å². The van der Waals surface area contributed by atoms with Crippen LogP contribution in [-0.4, -0.2) is 9.55 Å². The van der Waals surface area contributed by atoms with Gasteiger partial charge in [-0.2, -0.15) is 0 Å². The van der Waals surface area contributed by atoms with Crippen LogP contribution in [0.5, 0.6) is 0 Å². The van der Waals surface area contributed by atoms with Crippen molar-refractivity contribution < 1.29 is 0 Å². The van der Waals surface area contributed by atoms with E-state index >= 15 is 0 Å². The molecule has 0 amide bonds. The number of fused-ring (bicyclic) bond motifs is 1. The Morgan fingerprint density at radius 3 is 2.87 bits per heavy atom. The number of imidazole rings is 1. The molecule has 4 heteroatoms. The van der Waals surface area contributed by atoms with E-state index in [1.54, 1.807) is 0 Å². The van der Waals surface area contributed by atoms with E-state index < -0.39 is 0 Å². The molecular weight excluding hydrogens is 228 g/mol. The van der Waals surface area contributed by atoms with Crippen molar-refractivity contribution in [3.05, 3.63) is 28.0 Å². The van der Waals surface area contributed by atoms with Crippen LogP contribution in [0.3, 0.4) is 0 Å². The van der Waals surface area contributed by atoms with Crippen molar-refractivity contribution in [1.29, 1.82) is 0 Å². The minimum absolute atomic E-state index is 0.565. The highest BCUT2D eigenvalue weighted by Gasteiger charge is 2.06. The first-order valence-electron chi connectivity index (χ1n) is 4.96. The lowest BCUT2D eigenvalue weighted by Crippen LogP contribution is -2.03. The normalized spacial score (nSPS) is 11.5. The van der Waals surface area contributed by atoms with Crippen molar-refractivity contribution in [2.75, 3.05) is 0 Å². The lowest BCUT2D eigenvalue weighted by atomic mass is 10.2. The van der Waals surface area contributed by atoms with Crippen LogP contribution in [0.2, 0.25) is 5.02 Å². The Morgan fingerprint density at radius 1 is 1.47 bits per heavy atom. The molecule has 0 radical (unpaired) electrons. The Bertz CT molecular complexity index is 539. The highest BCUT2D eigenvalue weighted by atomic mass is 35.5. The molecule has 2 aromatic rings. The van der Waals surface area contributed by atoms with Gasteiger partial charge in [-0.3, -0.25) is 0 Å². The number of halogens is 1. The van der Waals surface area contributed by atoms with Crippen LogP contribution in [0.1, 0.15) is 13.8 Å². The number of benzene rings is 1. The maximum absolute atomic E-state index is 5.98. The maximum atomic E-state index is 5.98. The fourth-order valence-corrected chi connectivity index (χ4v) is 2.12. The molecule has 0 saturated heterocycles. The van der Waals surface area contributed by atoms with Crippen LogP contribution in [0, 0.1) is 10.7 Å². The second-order valence-electron chi connectivity index (χ2n) is 4.10. The first kappa shape index (κ1) is 10.7. The van der Waals surface area contributed by atoms with Crippen molar-refractivity contribution >= 4 is 34.9 Å². The Hall–Kier alpha value is -0.800. The van der Waals surface area contributed by atoms with Crippen molar-refractivity contribution in [1.82, 2.24) is 9.55 Å². The fraction of sp³-hybridized carbons (Fsp3) is 0.364. The van der Waals surface area contributed by atoms with E-state index in [1.165, 1.54) is 0 Å². The van der Waals surface area contributed by atoms with Crippen molar-refractivity contribution in [2.24, 2.45) is 5.92 Å². The van der Waals surface area contributed by atoms with Crippen molar-refractivity contribution in [2.45, 2.75) is 20.4 Å². The van der Waals surface area contributed by atoms with Gasteiger partial charge in [0.2, 0.25) is 0 Å². The summed E-state index contributed by atoms with van der Waals surface area (Å²) in [5.74, 6) is 0.565. The molecule has 0 aliphatic heterocycles. The quantitative estimate of drug-likeness (QED) is 0.787. The minimum Gasteiger partial charge on any atom is -0.331 e. The zero-order chi connectivity index (χ0) is 11.0. The summed E-state index contributed by atoms with van der Waals surface area (Å²) in [5.41, 5.74) is 2.13. The molecule has 0 aliphatic carbocycles. The summed E-state index contributed by atoms with van der Waals surface area (Å²) >= 11 is 11.3. The van der Waals surface area contributed by atoms with Gasteiger partial charge in [0.15, 0.2) is 4.77 Å². The minimum atomic E-state index is 0.565. The van der Waals surface area contributed by atoms with Gasteiger partial charge in [0.1, 0.15) is 0 Å². The lowest BCUT2D eigenvalue weighted by molar-refractivity contribution is 0.529. The molecular formula is C11H13ClN2S. The molecule has 0 bridgehead atoms. The van der Waals surface area contributed by atoms with Gasteiger partial charge in [-0.15, -0.1) is 0 Å². The lowest BCUT2D eigenvalue weighted by Gasteiger charge is -2.07. The molecule has 0 fully saturated rings. The SMILES string of the molecule is CC(C)Cn1c(=S)[nH]c2ccc(Cl)cc21. The average molecular weight is 241 g/mol. The van der Waals surface area contributed by atoms with Gasteiger partial charge in [0.25, 0.3) is 0 Å². The van der Waals surface area contributed by atoms with Gasteiger partial charge in [0.05, 0.1) is 11.0 Å². The molecule has 0 aliphatic rings. The first-order valence-corrected chi connectivity index (χ1v) is 5.74. The number of H-pyrrole nitrogens is 1. The van der Waals surface area contributed by atoms with Gasteiger partial charge in [0, 0.05) is 11.6 Å². The molecule has 1 aromatic carbocycles. The number of nitrogens with one attached hydrogen (secondary N) is 1. The number of nitrogens with zero attached hydrogens (tertiary/aromatic N) is 1. The molecule has 1 aromatic heterocycles. The molecule has 2 nitrogen and oxygen atoms in total. The standard InChI is InChI=1S/C11H13ClN2S/c1-7(2)6-14-10-5-8(12)3-4-9(10)13-11(14)15/h3-5,7H,6H2,1-2H3,(H,13,15). The van der Waals surface area contributed by atoms with Crippen molar-refractivity contribution in [3.8, 4) is 0 Å². The summed E-state index contributed by atoms with van der Waals surface area (Å²) in [6, 6.07) is 5.78. The molecule has 0 unspecified atom stereocenters. The Morgan fingerprint density at radius 2 is 2.20 bits per heavy atom. The molecule has 0 saturated carbocycles. The third-order valence-corrected chi connectivity index (χ3v) is 2.84. The number of aromatic amines is 1. The van der Waals surface area contributed by atoms with Crippen LogP contribution >= 0.6 is 23.8 Å². The van der Waals surface area contributed by atoms with Crippen LogP contribution in [0.4, 0.5) is 0 Å². The number of aromatic nitrogens is 2. The highest BCUT2D eigenvalue weighted by molar-refractivity contribution is 7.71. The van der Waals surface area contributed by atoms with Gasteiger partial charge in [-0.25, -0.2) is 0 Å². The van der Waals surface area contributed by atoms with Crippen LogP contribution in [0.15, 0.2) is 18.2 Å². The summed E-state index contributed by atoms with van der Waals surface area (Å²) in [4.78, 5) is 3.18. The summed E-state index contributed by atoms with van der Waals surface area (Å²) < 4.78 is 2.86. The second-order valence-corrected chi connectivity index (χ2v) is 4.92. The zero-order valence-corrected chi connectivity index (χ0v) is 10.3. The topological polar surface area (TPSA) is 20.7 Å². The third kappa shape index (κ3) is 2.08. The monoisotopic (exact) mass is 240 g/mol. The Kier molecular flexibility index (Phi) is 2.85. The predicted octanol–water partition coefficient (Wildman–Crippen LogP) is 4.01. The van der Waals surface area contributed by atoms with Gasteiger partial charge < -0.3 is 9.55 Å². The van der Waals surface area contributed by atoms with Gasteiger partial charge >= 0.3 is 0 Å². The van der Waals surface area contributed by atoms with Gasteiger partial charge in [-0.05, 0) is 36.3 Å². The number of hydrogen-bond donors (Lipinski definition) is 1. The average Bonchev–Trinajstić information content (AvgIpc) is 2.43. The van der Waals surface area contributed by atoms with Crippen LogP contribution in [-0.2, 0) is 6.54 Å². The third-order valence-electron chi connectivity index (χ3n) is 2.29. The molecule has 15 heavy (non-hydrogen) atoms. The van der Waals surface area contributed by atoms with Gasteiger partial charge in [-0.1, -0.05) is 25.4 Å². The van der Waals surface area contributed by atoms with E-state index in [0.29, 0.717) is 5.92 Å². The van der Waals surface area contributed by atoms with E-state index in [1.807, 2.05) is 18.2 Å². The summed E-state index contributed by atoms with van der Waals surface area (Å²) in [7, 11) is 0. The smallest absolute Gasteiger partial charge is 0.178 e. The molecule has 1 N–H and O–H groups in total. The summed E-state index contributed by atoms with van der Waals surface area (Å²) in [6.45, 7) is 5.26. The molecule has 0 spiro atoms. The Balaban J connectivity index is 2.65. The summed E-state index contributed by atoms with van der Waals surface area (Å²) in [5, 5.41) is 0.744.